The van der Waals surface area contributed by atoms with E-state index in [-0.39, 0.29) is 18.6 Å². The Hall–Kier alpha value is -2.04. The molecule has 1 heterocycles. The Labute approximate surface area is 92.0 Å². The monoisotopic (exact) mass is 221 g/mol. The lowest BCUT2D eigenvalue weighted by Crippen LogP contribution is -2.24. The van der Waals surface area contributed by atoms with Gasteiger partial charge in [-0.2, -0.15) is 0 Å². The highest BCUT2D eigenvalue weighted by Gasteiger charge is 2.22. The highest BCUT2D eigenvalue weighted by Crippen LogP contribution is 2.23. The van der Waals surface area contributed by atoms with Crippen molar-refractivity contribution < 1.29 is 19.4 Å². The summed E-state index contributed by atoms with van der Waals surface area (Å²) in [6, 6.07) is 4.88. The summed E-state index contributed by atoms with van der Waals surface area (Å²) in [5, 5.41) is 10.9. The molecule has 0 aromatic heterocycles. The number of amides is 1. The van der Waals surface area contributed by atoms with Crippen LogP contribution in [0, 0.1) is 0 Å². The lowest BCUT2D eigenvalue weighted by Gasteiger charge is -2.12. The zero-order valence-corrected chi connectivity index (χ0v) is 8.69. The first-order valence-corrected chi connectivity index (χ1v) is 4.87. The third kappa shape index (κ3) is 1.84. The van der Waals surface area contributed by atoms with Crippen LogP contribution in [0.5, 0.6) is 0 Å². The number of carboxylic acid groups (broad SMARTS) is 1. The summed E-state index contributed by atoms with van der Waals surface area (Å²) in [7, 11) is 0. The number of rotatable bonds is 2. The minimum absolute atomic E-state index is 0.266. The van der Waals surface area contributed by atoms with E-state index >= 15 is 0 Å². The molecule has 2 N–H and O–H groups in total. The summed E-state index contributed by atoms with van der Waals surface area (Å²) in [5.74, 6) is -0.319. The van der Waals surface area contributed by atoms with Crippen LogP contribution in [-0.2, 0) is 11.3 Å². The number of nitrogens with one attached hydrogen (secondary N) is 1. The molecule has 1 aromatic rings. The molecule has 0 saturated heterocycles. The van der Waals surface area contributed by atoms with Crippen molar-refractivity contribution in [3.8, 4) is 0 Å². The van der Waals surface area contributed by atoms with E-state index in [0.717, 1.165) is 11.1 Å². The van der Waals surface area contributed by atoms with E-state index in [1.165, 1.54) is 0 Å². The second kappa shape index (κ2) is 3.84. The topological polar surface area (TPSA) is 75.6 Å². The number of ether oxygens (including phenoxy) is 1. The largest absolute Gasteiger partial charge is 0.465 e. The number of hydrogen-bond acceptors (Lipinski definition) is 3. The average molecular weight is 221 g/mol. The molecule has 1 amide bonds. The fraction of sp³-hybridized carbons (Fsp3) is 0.273. The standard InChI is InChI=1S/C11H11NO4/c1-6(12-11(14)15)7-2-3-9-8(4-7)5-16-10(9)13/h2-4,6,12H,5H2,1H3,(H,14,15)/t6-/m1/s1. The summed E-state index contributed by atoms with van der Waals surface area (Å²) in [6.45, 7) is 2.01. The molecule has 1 aliphatic rings. The van der Waals surface area contributed by atoms with Gasteiger partial charge in [0.15, 0.2) is 0 Å². The van der Waals surface area contributed by atoms with Crippen molar-refractivity contribution in [2.45, 2.75) is 19.6 Å². The van der Waals surface area contributed by atoms with Crippen LogP contribution in [0.1, 0.15) is 34.5 Å². The van der Waals surface area contributed by atoms with Crippen molar-refractivity contribution >= 4 is 12.1 Å². The minimum Gasteiger partial charge on any atom is -0.465 e. The maximum absolute atomic E-state index is 11.2. The summed E-state index contributed by atoms with van der Waals surface area (Å²) < 4.78 is 4.86. The summed E-state index contributed by atoms with van der Waals surface area (Å²) >= 11 is 0. The number of carbonyl (C=O) groups excluding carboxylic acids is 1. The molecule has 1 atom stereocenters. The van der Waals surface area contributed by atoms with Crippen LogP contribution in [0.25, 0.3) is 0 Å². The molecule has 5 nitrogen and oxygen atoms in total. The smallest absolute Gasteiger partial charge is 0.405 e. The van der Waals surface area contributed by atoms with E-state index in [2.05, 4.69) is 5.32 Å². The van der Waals surface area contributed by atoms with Gasteiger partial charge in [0.2, 0.25) is 0 Å². The lowest BCUT2D eigenvalue weighted by atomic mass is 10.0. The summed E-state index contributed by atoms with van der Waals surface area (Å²) in [5.41, 5.74) is 2.19. The van der Waals surface area contributed by atoms with E-state index in [1.54, 1.807) is 25.1 Å². The molecule has 84 valence electrons. The van der Waals surface area contributed by atoms with Crippen molar-refractivity contribution in [2.24, 2.45) is 0 Å². The van der Waals surface area contributed by atoms with E-state index in [9.17, 15) is 9.59 Å². The molecule has 1 aliphatic heterocycles. The Morgan fingerprint density at radius 1 is 1.56 bits per heavy atom. The van der Waals surface area contributed by atoms with E-state index in [4.69, 9.17) is 9.84 Å². The molecule has 0 aliphatic carbocycles. The first kappa shape index (κ1) is 10.5. The van der Waals surface area contributed by atoms with Crippen molar-refractivity contribution in [1.82, 2.24) is 5.32 Å². The van der Waals surface area contributed by atoms with Crippen LogP contribution < -0.4 is 5.32 Å². The normalized spacial score (nSPS) is 15.2. The van der Waals surface area contributed by atoms with Gasteiger partial charge in [0, 0.05) is 5.56 Å². The Kier molecular flexibility index (Phi) is 2.52. The molecule has 1 aromatic carbocycles. The number of cyclic esters (lactones) is 1. The second-order valence-electron chi connectivity index (χ2n) is 3.66. The molecule has 2 rings (SSSR count). The van der Waals surface area contributed by atoms with Crippen LogP contribution in [0.3, 0.4) is 0 Å². The minimum atomic E-state index is -1.07. The first-order valence-electron chi connectivity index (χ1n) is 4.87. The van der Waals surface area contributed by atoms with Gasteiger partial charge in [-0.3, -0.25) is 0 Å². The molecule has 0 spiro atoms. The molecule has 0 bridgehead atoms. The predicted molar refractivity (Wildman–Crippen MR) is 55.1 cm³/mol. The molecular formula is C11H11NO4. The molecule has 5 heteroatoms. The van der Waals surface area contributed by atoms with Gasteiger partial charge in [-0.05, 0) is 24.6 Å². The Balaban J connectivity index is 2.25. The third-order valence-corrected chi connectivity index (χ3v) is 2.55. The van der Waals surface area contributed by atoms with Gasteiger partial charge in [0.05, 0.1) is 11.6 Å². The van der Waals surface area contributed by atoms with Gasteiger partial charge in [-0.1, -0.05) is 6.07 Å². The SMILES string of the molecule is C[C@@H](NC(=O)O)c1ccc2c(c1)COC2=O. The maximum atomic E-state index is 11.2. The van der Waals surface area contributed by atoms with Gasteiger partial charge >= 0.3 is 12.1 Å². The number of fused-ring (bicyclic) bond motifs is 1. The third-order valence-electron chi connectivity index (χ3n) is 2.55. The zero-order valence-electron chi connectivity index (χ0n) is 8.69. The molecule has 0 saturated carbocycles. The maximum Gasteiger partial charge on any atom is 0.405 e. The zero-order chi connectivity index (χ0) is 11.7. The van der Waals surface area contributed by atoms with Crippen molar-refractivity contribution in [1.29, 1.82) is 0 Å². The number of carbonyl (C=O) groups is 2. The van der Waals surface area contributed by atoms with Crippen LogP contribution in [0.4, 0.5) is 4.79 Å². The van der Waals surface area contributed by atoms with Crippen molar-refractivity contribution in [3.05, 3.63) is 34.9 Å². The van der Waals surface area contributed by atoms with Crippen molar-refractivity contribution in [2.75, 3.05) is 0 Å². The van der Waals surface area contributed by atoms with Crippen LogP contribution in [-0.4, -0.2) is 17.2 Å². The Bertz CT molecular complexity index is 455. The van der Waals surface area contributed by atoms with Gasteiger partial charge in [0.25, 0.3) is 0 Å². The second-order valence-corrected chi connectivity index (χ2v) is 3.66. The van der Waals surface area contributed by atoms with Gasteiger partial charge in [0.1, 0.15) is 6.61 Å². The number of esters is 1. The summed E-state index contributed by atoms with van der Waals surface area (Å²) in [4.78, 5) is 21.7. The summed E-state index contributed by atoms with van der Waals surface area (Å²) in [6.07, 6.45) is -1.07. The van der Waals surface area contributed by atoms with Gasteiger partial charge in [-0.25, -0.2) is 9.59 Å². The first-order chi connectivity index (χ1) is 7.58. The van der Waals surface area contributed by atoms with E-state index in [1.807, 2.05) is 0 Å². The van der Waals surface area contributed by atoms with Crippen molar-refractivity contribution in [3.63, 3.8) is 0 Å². The van der Waals surface area contributed by atoms with Gasteiger partial charge < -0.3 is 15.2 Å². The fourth-order valence-electron chi connectivity index (χ4n) is 1.69. The lowest BCUT2D eigenvalue weighted by molar-refractivity contribution is 0.0535. The quantitative estimate of drug-likeness (QED) is 0.745. The molecule has 0 fully saturated rings. The van der Waals surface area contributed by atoms with Crippen LogP contribution in [0.15, 0.2) is 18.2 Å². The number of hydrogen-bond donors (Lipinski definition) is 2. The predicted octanol–water partition coefficient (Wildman–Crippen LogP) is 1.69. The molecular weight excluding hydrogens is 210 g/mol. The average Bonchev–Trinajstić information content (AvgIpc) is 2.59. The highest BCUT2D eigenvalue weighted by molar-refractivity contribution is 5.93. The highest BCUT2D eigenvalue weighted by atomic mass is 16.5. The number of benzene rings is 1. The molecule has 0 radical (unpaired) electrons. The molecule has 16 heavy (non-hydrogen) atoms. The van der Waals surface area contributed by atoms with E-state index in [0.29, 0.717) is 5.56 Å². The molecule has 0 unspecified atom stereocenters. The fourth-order valence-corrected chi connectivity index (χ4v) is 1.69. The Morgan fingerprint density at radius 2 is 2.31 bits per heavy atom. The van der Waals surface area contributed by atoms with Gasteiger partial charge in [-0.15, -0.1) is 0 Å². The Morgan fingerprint density at radius 3 is 3.00 bits per heavy atom. The van der Waals surface area contributed by atoms with Crippen LogP contribution >= 0.6 is 0 Å². The van der Waals surface area contributed by atoms with Crippen LogP contribution in [0.2, 0.25) is 0 Å². The van der Waals surface area contributed by atoms with E-state index < -0.39 is 6.09 Å².